The second-order valence-corrected chi connectivity index (χ2v) is 5.86. The van der Waals surface area contributed by atoms with E-state index in [4.69, 9.17) is 15.5 Å². The van der Waals surface area contributed by atoms with Crippen LogP contribution in [-0.2, 0) is 6.54 Å². The van der Waals surface area contributed by atoms with Crippen molar-refractivity contribution in [1.29, 1.82) is 0 Å². The maximum Gasteiger partial charge on any atom is 0.131 e. The smallest absolute Gasteiger partial charge is 0.131 e. The first-order valence-corrected chi connectivity index (χ1v) is 7.48. The molecule has 2 rings (SSSR count). The van der Waals surface area contributed by atoms with Crippen LogP contribution in [0.2, 0.25) is 0 Å². The fourth-order valence-electron chi connectivity index (χ4n) is 2.32. The van der Waals surface area contributed by atoms with Gasteiger partial charge in [0.25, 0.3) is 0 Å². The van der Waals surface area contributed by atoms with Crippen molar-refractivity contribution in [2.45, 2.75) is 33.2 Å². The molecule has 0 aliphatic rings. The van der Waals surface area contributed by atoms with Crippen molar-refractivity contribution in [3.05, 3.63) is 28.5 Å². The summed E-state index contributed by atoms with van der Waals surface area (Å²) in [6.45, 7) is 7.13. The number of hydrogen-bond donors (Lipinski definition) is 1. The minimum absolute atomic E-state index is 0.323. The lowest BCUT2D eigenvalue weighted by atomic mass is 10.1. The van der Waals surface area contributed by atoms with E-state index in [0.717, 1.165) is 33.8 Å². The molecule has 2 aromatic rings. The van der Waals surface area contributed by atoms with Gasteiger partial charge in [0.05, 0.1) is 7.11 Å². The van der Waals surface area contributed by atoms with Crippen molar-refractivity contribution in [3.8, 4) is 17.0 Å². The number of nitrogen functional groups attached to an aromatic ring is 1. The normalized spacial score (nSPS) is 11.1. The monoisotopic (exact) mass is 337 g/mol. The summed E-state index contributed by atoms with van der Waals surface area (Å²) in [5.74, 6) is 2.79. The lowest BCUT2D eigenvalue weighted by Gasteiger charge is -2.09. The fourth-order valence-corrected chi connectivity index (χ4v) is 2.68. The predicted octanol–water partition coefficient (Wildman–Crippen LogP) is 4.05. The van der Waals surface area contributed by atoms with E-state index in [1.807, 2.05) is 18.2 Å². The highest BCUT2D eigenvalue weighted by Crippen LogP contribution is 2.36. The summed E-state index contributed by atoms with van der Waals surface area (Å²) in [6.07, 6.45) is 0. The molecule has 0 bridgehead atoms. The van der Waals surface area contributed by atoms with Crippen molar-refractivity contribution in [2.75, 3.05) is 12.8 Å². The number of nitrogens with two attached hydrogens (primary N) is 1. The zero-order valence-electron chi connectivity index (χ0n) is 12.3. The van der Waals surface area contributed by atoms with E-state index in [1.54, 1.807) is 7.11 Å². The zero-order valence-corrected chi connectivity index (χ0v) is 13.9. The molecule has 1 aromatic carbocycles. The molecular formula is C15H20BrN3O. The van der Waals surface area contributed by atoms with Crippen molar-refractivity contribution >= 4 is 21.7 Å². The molecule has 0 unspecified atom stereocenters. The second-order valence-electron chi connectivity index (χ2n) is 4.95. The number of rotatable bonds is 4. The molecule has 20 heavy (non-hydrogen) atoms. The molecule has 0 amide bonds. The third kappa shape index (κ3) is 2.54. The van der Waals surface area contributed by atoms with Gasteiger partial charge in [0, 0.05) is 22.5 Å². The highest BCUT2D eigenvalue weighted by Gasteiger charge is 2.20. The first-order valence-electron chi connectivity index (χ1n) is 6.69. The van der Waals surface area contributed by atoms with Crippen LogP contribution in [0.15, 0.2) is 22.7 Å². The van der Waals surface area contributed by atoms with E-state index in [1.165, 1.54) is 0 Å². The van der Waals surface area contributed by atoms with E-state index in [9.17, 15) is 0 Å². The fraction of sp³-hybridized carbons (Fsp3) is 0.400. The van der Waals surface area contributed by atoms with E-state index >= 15 is 0 Å². The standard InChI is InChI=1S/C15H20BrN3O/c1-5-19-14(17)13(18-15(19)9(2)3)11-8-10(16)6-7-12(11)20-4/h6-9H,5,17H2,1-4H3. The second kappa shape index (κ2) is 5.87. The van der Waals surface area contributed by atoms with E-state index < -0.39 is 0 Å². The van der Waals surface area contributed by atoms with Crippen LogP contribution in [-0.4, -0.2) is 16.7 Å². The Balaban J connectivity index is 2.67. The van der Waals surface area contributed by atoms with Crippen LogP contribution in [0.4, 0.5) is 5.82 Å². The van der Waals surface area contributed by atoms with Gasteiger partial charge in [-0.3, -0.25) is 0 Å². The molecule has 0 saturated carbocycles. The van der Waals surface area contributed by atoms with Crippen molar-refractivity contribution < 1.29 is 4.74 Å². The van der Waals surface area contributed by atoms with E-state index in [0.29, 0.717) is 11.7 Å². The zero-order chi connectivity index (χ0) is 14.9. The van der Waals surface area contributed by atoms with Crippen molar-refractivity contribution in [1.82, 2.24) is 9.55 Å². The van der Waals surface area contributed by atoms with Gasteiger partial charge in [0.1, 0.15) is 23.1 Å². The highest BCUT2D eigenvalue weighted by atomic mass is 79.9. The molecule has 1 heterocycles. The average Bonchev–Trinajstić information content (AvgIpc) is 2.75. The Morgan fingerprint density at radius 2 is 2.10 bits per heavy atom. The largest absolute Gasteiger partial charge is 0.496 e. The van der Waals surface area contributed by atoms with Gasteiger partial charge in [0.2, 0.25) is 0 Å². The van der Waals surface area contributed by atoms with Crippen LogP contribution < -0.4 is 10.5 Å². The number of imidazole rings is 1. The Labute approximate surface area is 128 Å². The van der Waals surface area contributed by atoms with Crippen LogP contribution in [0.1, 0.15) is 32.5 Å². The molecule has 0 aliphatic carbocycles. The maximum absolute atomic E-state index is 6.29. The molecule has 0 saturated heterocycles. The molecule has 0 fully saturated rings. The van der Waals surface area contributed by atoms with Crippen molar-refractivity contribution in [3.63, 3.8) is 0 Å². The highest BCUT2D eigenvalue weighted by molar-refractivity contribution is 9.10. The lowest BCUT2D eigenvalue weighted by molar-refractivity contribution is 0.416. The number of methoxy groups -OCH3 is 1. The maximum atomic E-state index is 6.29. The molecule has 5 heteroatoms. The number of ether oxygens (including phenoxy) is 1. The van der Waals surface area contributed by atoms with Gasteiger partial charge >= 0.3 is 0 Å². The first-order chi connectivity index (χ1) is 9.49. The van der Waals surface area contributed by atoms with Gasteiger partial charge in [-0.1, -0.05) is 29.8 Å². The summed E-state index contributed by atoms with van der Waals surface area (Å²) in [6, 6.07) is 5.85. The van der Waals surface area contributed by atoms with Gasteiger partial charge in [-0.25, -0.2) is 4.98 Å². The average molecular weight is 338 g/mol. The van der Waals surface area contributed by atoms with Crippen LogP contribution in [0.3, 0.4) is 0 Å². The van der Waals surface area contributed by atoms with Gasteiger partial charge < -0.3 is 15.0 Å². The lowest BCUT2D eigenvalue weighted by Crippen LogP contribution is -2.06. The summed E-state index contributed by atoms with van der Waals surface area (Å²) < 4.78 is 8.46. The number of benzene rings is 1. The molecule has 108 valence electrons. The van der Waals surface area contributed by atoms with Crippen LogP contribution >= 0.6 is 15.9 Å². The summed E-state index contributed by atoms with van der Waals surface area (Å²) >= 11 is 3.49. The first kappa shape index (κ1) is 14.9. The van der Waals surface area contributed by atoms with Crippen LogP contribution in [0.25, 0.3) is 11.3 Å². The molecule has 2 N–H and O–H groups in total. The quantitative estimate of drug-likeness (QED) is 0.915. The van der Waals surface area contributed by atoms with Gasteiger partial charge in [-0.15, -0.1) is 0 Å². The number of halogens is 1. The SMILES string of the molecule is CCn1c(C(C)C)nc(-c2cc(Br)ccc2OC)c1N. The van der Waals surface area contributed by atoms with Crippen molar-refractivity contribution in [2.24, 2.45) is 0 Å². The minimum atomic E-state index is 0.323. The molecular weight excluding hydrogens is 318 g/mol. The molecule has 0 atom stereocenters. The Morgan fingerprint density at radius 1 is 1.40 bits per heavy atom. The minimum Gasteiger partial charge on any atom is -0.496 e. The van der Waals surface area contributed by atoms with Crippen LogP contribution in [0.5, 0.6) is 5.75 Å². The number of hydrogen-bond acceptors (Lipinski definition) is 3. The van der Waals surface area contributed by atoms with Gasteiger partial charge in [-0.05, 0) is 25.1 Å². The third-order valence-corrected chi connectivity index (χ3v) is 3.78. The Morgan fingerprint density at radius 3 is 2.60 bits per heavy atom. The van der Waals surface area contributed by atoms with Gasteiger partial charge in [0.15, 0.2) is 0 Å². The van der Waals surface area contributed by atoms with Gasteiger partial charge in [-0.2, -0.15) is 0 Å². The molecule has 4 nitrogen and oxygen atoms in total. The third-order valence-electron chi connectivity index (χ3n) is 3.29. The molecule has 0 aliphatic heterocycles. The number of nitrogens with zero attached hydrogens (tertiary/aromatic N) is 2. The molecule has 0 spiro atoms. The molecule has 1 aromatic heterocycles. The Kier molecular flexibility index (Phi) is 4.38. The Bertz CT molecular complexity index is 620. The topological polar surface area (TPSA) is 53.1 Å². The number of aromatic nitrogens is 2. The summed E-state index contributed by atoms with van der Waals surface area (Å²) in [4.78, 5) is 4.74. The summed E-state index contributed by atoms with van der Waals surface area (Å²) in [5, 5.41) is 0. The number of anilines is 1. The van der Waals surface area contributed by atoms with E-state index in [-0.39, 0.29) is 0 Å². The van der Waals surface area contributed by atoms with E-state index in [2.05, 4.69) is 41.3 Å². The summed E-state index contributed by atoms with van der Waals surface area (Å²) in [5.41, 5.74) is 7.98. The van der Waals surface area contributed by atoms with Crippen LogP contribution in [0, 0.1) is 0 Å². The summed E-state index contributed by atoms with van der Waals surface area (Å²) in [7, 11) is 1.66. The Hall–Kier alpha value is -1.49. The molecule has 0 radical (unpaired) electrons. The predicted molar refractivity (Wildman–Crippen MR) is 86.1 cm³/mol.